The van der Waals surface area contributed by atoms with Gasteiger partial charge in [-0.05, 0) is 55.6 Å². The second-order valence-corrected chi connectivity index (χ2v) is 11.3. The second kappa shape index (κ2) is 11.5. The van der Waals surface area contributed by atoms with Gasteiger partial charge in [0, 0.05) is 44.8 Å². The highest BCUT2D eigenvalue weighted by Crippen LogP contribution is 2.32. The van der Waals surface area contributed by atoms with Crippen LogP contribution < -0.4 is 15.0 Å². The summed E-state index contributed by atoms with van der Waals surface area (Å²) in [5.74, 6) is 0.857. The third-order valence-corrected chi connectivity index (χ3v) is 8.64. The number of carbonyl (C=O) groups is 1. The van der Waals surface area contributed by atoms with Crippen molar-refractivity contribution in [3.05, 3.63) is 78.4 Å². The summed E-state index contributed by atoms with van der Waals surface area (Å²) < 4.78 is 39.4. The summed E-state index contributed by atoms with van der Waals surface area (Å²) in [5, 5.41) is 2.98. The number of hydrogen-bond acceptors (Lipinski definition) is 7. The van der Waals surface area contributed by atoms with Crippen molar-refractivity contribution in [2.45, 2.75) is 4.90 Å². The highest BCUT2D eigenvalue weighted by Gasteiger charge is 2.28. The number of nitrogens with zero attached hydrogens (tertiary/aromatic N) is 3. The fraction of sp³-hybridized carbons (Fsp3) is 0.321. The summed E-state index contributed by atoms with van der Waals surface area (Å²) in [5.41, 5.74) is 1.66. The van der Waals surface area contributed by atoms with Crippen LogP contribution in [-0.4, -0.2) is 83.1 Å². The average Bonchev–Trinajstić information content (AvgIpc) is 2.95. The van der Waals surface area contributed by atoms with Gasteiger partial charge in [-0.15, -0.1) is 0 Å². The lowest BCUT2D eigenvalue weighted by Gasteiger charge is -2.35. The second-order valence-electron chi connectivity index (χ2n) is 9.38. The molecule has 200 valence electrons. The van der Waals surface area contributed by atoms with E-state index >= 15 is 0 Å². The van der Waals surface area contributed by atoms with E-state index in [4.69, 9.17) is 9.47 Å². The first-order valence-electron chi connectivity index (χ1n) is 12.7. The van der Waals surface area contributed by atoms with E-state index in [0.29, 0.717) is 49.1 Å². The van der Waals surface area contributed by atoms with Gasteiger partial charge in [0.05, 0.1) is 29.5 Å². The number of amides is 1. The Balaban J connectivity index is 1.43. The van der Waals surface area contributed by atoms with Crippen LogP contribution in [0.15, 0.2) is 77.7 Å². The van der Waals surface area contributed by atoms with Gasteiger partial charge >= 0.3 is 0 Å². The predicted molar refractivity (Wildman–Crippen MR) is 147 cm³/mol. The predicted octanol–water partition coefficient (Wildman–Crippen LogP) is 3.50. The third kappa shape index (κ3) is 5.99. The van der Waals surface area contributed by atoms with Crippen molar-refractivity contribution in [1.29, 1.82) is 0 Å². The summed E-state index contributed by atoms with van der Waals surface area (Å²) in [7, 11) is -1.66. The lowest BCUT2D eigenvalue weighted by atomic mass is 10.1. The molecule has 0 atom stereocenters. The number of piperazine rings is 1. The molecular weight excluding hydrogens is 504 g/mol. The van der Waals surface area contributed by atoms with E-state index in [2.05, 4.69) is 22.2 Å². The number of carbonyl (C=O) groups excluding carboxylic acids is 1. The minimum atomic E-state index is -3.73. The van der Waals surface area contributed by atoms with Gasteiger partial charge < -0.3 is 24.6 Å². The molecule has 5 rings (SSSR count). The van der Waals surface area contributed by atoms with Gasteiger partial charge in [-0.3, -0.25) is 4.79 Å². The molecule has 0 aliphatic carbocycles. The normalized spacial score (nSPS) is 17.2. The van der Waals surface area contributed by atoms with Crippen molar-refractivity contribution >= 4 is 27.3 Å². The highest BCUT2D eigenvalue weighted by molar-refractivity contribution is 7.89. The maximum Gasteiger partial charge on any atom is 0.255 e. The Labute approximate surface area is 223 Å². The first-order valence-corrected chi connectivity index (χ1v) is 14.1. The number of hydrogen-bond donors (Lipinski definition) is 1. The Morgan fingerprint density at radius 3 is 2.29 bits per heavy atom. The van der Waals surface area contributed by atoms with Crippen LogP contribution in [0.3, 0.4) is 0 Å². The van der Waals surface area contributed by atoms with Crippen LogP contribution in [0.4, 0.5) is 11.4 Å². The van der Waals surface area contributed by atoms with Gasteiger partial charge in [0.2, 0.25) is 10.0 Å². The Morgan fingerprint density at radius 2 is 1.55 bits per heavy atom. The van der Waals surface area contributed by atoms with Gasteiger partial charge in [-0.25, -0.2) is 8.42 Å². The molecule has 0 unspecified atom stereocenters. The average molecular weight is 537 g/mol. The molecule has 0 bridgehead atoms. The molecule has 1 amide bonds. The number of rotatable bonds is 7. The van der Waals surface area contributed by atoms with Gasteiger partial charge in [0.25, 0.3) is 5.91 Å². The van der Waals surface area contributed by atoms with Crippen LogP contribution in [0.1, 0.15) is 10.4 Å². The van der Waals surface area contributed by atoms with Crippen LogP contribution in [0.5, 0.6) is 11.5 Å². The van der Waals surface area contributed by atoms with Gasteiger partial charge in [-0.2, -0.15) is 4.31 Å². The van der Waals surface area contributed by atoms with E-state index in [1.807, 2.05) is 30.3 Å². The molecule has 0 radical (unpaired) electrons. The standard InChI is InChI=1S/C28H32N4O5S/c1-30-12-14-31(15-13-30)27-11-10-25(38(34,35)32-16-18-36-19-17-32)21-26(27)29-28(33)22-6-5-9-24(20-22)37-23-7-3-2-4-8-23/h2-11,20-21H,12-19H2,1H3,(H,29,33). The van der Waals surface area contributed by atoms with Crippen LogP contribution >= 0.6 is 0 Å². The van der Waals surface area contributed by atoms with Crippen LogP contribution in [0.2, 0.25) is 0 Å². The zero-order valence-corrected chi connectivity index (χ0v) is 22.2. The minimum absolute atomic E-state index is 0.147. The molecule has 2 aliphatic rings. The Hall–Kier alpha value is -3.44. The molecule has 0 spiro atoms. The van der Waals surface area contributed by atoms with Gasteiger partial charge in [0.15, 0.2) is 0 Å². The van der Waals surface area contributed by atoms with Crippen molar-refractivity contribution in [3.8, 4) is 11.5 Å². The molecule has 0 aromatic heterocycles. The monoisotopic (exact) mass is 536 g/mol. The fourth-order valence-corrected chi connectivity index (χ4v) is 5.99. The number of morpholine rings is 1. The molecular formula is C28H32N4O5S. The number of benzene rings is 3. The van der Waals surface area contributed by atoms with Crippen molar-refractivity contribution in [2.75, 3.05) is 69.7 Å². The molecule has 2 fully saturated rings. The highest BCUT2D eigenvalue weighted by atomic mass is 32.2. The summed E-state index contributed by atoms with van der Waals surface area (Å²) in [6.07, 6.45) is 0. The maximum absolute atomic E-state index is 13.4. The number of ether oxygens (including phenoxy) is 2. The number of likely N-dealkylation sites (N-methyl/N-ethyl adjacent to an activating group) is 1. The van der Waals surface area contributed by atoms with Crippen molar-refractivity contribution in [3.63, 3.8) is 0 Å². The molecule has 2 saturated heterocycles. The zero-order chi connectivity index (χ0) is 26.5. The molecule has 9 nitrogen and oxygen atoms in total. The van der Waals surface area contributed by atoms with Crippen LogP contribution in [0, 0.1) is 0 Å². The van der Waals surface area contributed by atoms with Gasteiger partial charge in [-0.1, -0.05) is 24.3 Å². The number of nitrogens with one attached hydrogen (secondary N) is 1. The van der Waals surface area contributed by atoms with E-state index in [9.17, 15) is 13.2 Å². The lowest BCUT2D eigenvalue weighted by Crippen LogP contribution is -2.44. The van der Waals surface area contributed by atoms with E-state index < -0.39 is 10.0 Å². The smallest absolute Gasteiger partial charge is 0.255 e. The Kier molecular flexibility index (Phi) is 7.94. The molecule has 1 N–H and O–H groups in total. The van der Waals surface area contributed by atoms with Crippen molar-refractivity contribution < 1.29 is 22.7 Å². The van der Waals surface area contributed by atoms with Crippen LogP contribution in [-0.2, 0) is 14.8 Å². The minimum Gasteiger partial charge on any atom is -0.457 e. The number of sulfonamides is 1. The summed E-state index contributed by atoms with van der Waals surface area (Å²) in [6, 6.07) is 21.3. The van der Waals surface area contributed by atoms with E-state index in [-0.39, 0.29) is 10.8 Å². The molecule has 0 saturated carbocycles. The SMILES string of the molecule is CN1CCN(c2ccc(S(=O)(=O)N3CCOCC3)cc2NC(=O)c2cccc(Oc3ccccc3)c2)CC1. The largest absolute Gasteiger partial charge is 0.457 e. The molecule has 3 aromatic rings. The zero-order valence-electron chi connectivity index (χ0n) is 21.4. The molecule has 38 heavy (non-hydrogen) atoms. The fourth-order valence-electron chi connectivity index (χ4n) is 4.55. The number of para-hydroxylation sites is 1. The van der Waals surface area contributed by atoms with Gasteiger partial charge in [0.1, 0.15) is 11.5 Å². The Morgan fingerprint density at radius 1 is 0.842 bits per heavy atom. The molecule has 3 aromatic carbocycles. The number of anilines is 2. The first-order chi connectivity index (χ1) is 18.4. The molecule has 2 aliphatic heterocycles. The topological polar surface area (TPSA) is 91.4 Å². The molecule has 10 heteroatoms. The van der Waals surface area contributed by atoms with Crippen molar-refractivity contribution in [2.24, 2.45) is 0 Å². The first kappa shape index (κ1) is 26.2. The summed E-state index contributed by atoms with van der Waals surface area (Å²) in [6.45, 7) is 4.63. The van der Waals surface area contributed by atoms with Crippen LogP contribution in [0.25, 0.3) is 0 Å². The third-order valence-electron chi connectivity index (χ3n) is 6.74. The molecule has 2 heterocycles. The lowest BCUT2D eigenvalue weighted by molar-refractivity contribution is 0.0730. The Bertz CT molecular complexity index is 1370. The van der Waals surface area contributed by atoms with E-state index in [1.165, 1.54) is 4.31 Å². The summed E-state index contributed by atoms with van der Waals surface area (Å²) >= 11 is 0. The maximum atomic E-state index is 13.4. The van der Waals surface area contributed by atoms with Crippen molar-refractivity contribution in [1.82, 2.24) is 9.21 Å². The summed E-state index contributed by atoms with van der Waals surface area (Å²) in [4.78, 5) is 18.0. The van der Waals surface area contributed by atoms with E-state index in [1.54, 1.807) is 42.5 Å². The quantitative estimate of drug-likeness (QED) is 0.494. The van der Waals surface area contributed by atoms with E-state index in [0.717, 1.165) is 31.9 Å².